The van der Waals surface area contributed by atoms with Crippen LogP contribution < -0.4 is 16.0 Å². The number of amides is 3. The third-order valence-electron chi connectivity index (χ3n) is 9.42. The van der Waals surface area contributed by atoms with Crippen LogP contribution in [0, 0.1) is 23.6 Å². The van der Waals surface area contributed by atoms with Gasteiger partial charge in [0.2, 0.25) is 11.8 Å². The molecule has 1 aliphatic carbocycles. The number of para-hydroxylation sites is 1. The van der Waals surface area contributed by atoms with Crippen molar-refractivity contribution in [1.29, 1.82) is 0 Å². The summed E-state index contributed by atoms with van der Waals surface area (Å²) in [6.07, 6.45) is 4.86. The number of nitrogens with zero attached hydrogens (tertiary/aromatic N) is 1. The minimum Gasteiger partial charge on any atom is -0.369 e. The Balaban J connectivity index is 1.37. The highest BCUT2D eigenvalue weighted by atomic mass is 35.5. The normalized spacial score (nSPS) is 16.9. The van der Waals surface area contributed by atoms with Gasteiger partial charge in [0, 0.05) is 17.4 Å². The number of halogens is 2. The average molecular weight is 652 g/mol. The number of fused-ring (bicyclic) bond motifs is 3. The third-order valence-corrected chi connectivity index (χ3v) is 9.71. The topological polar surface area (TPSA) is 92.5 Å². The smallest absolute Gasteiger partial charge is 0.254 e. The Morgan fingerprint density at radius 2 is 1.66 bits per heavy atom. The lowest BCUT2D eigenvalue weighted by Gasteiger charge is -2.29. The molecule has 242 valence electrons. The number of hydrogen-bond donors (Lipinski definition) is 2. The number of anilines is 1. The third kappa shape index (κ3) is 7.10. The fourth-order valence-corrected chi connectivity index (χ4v) is 6.91. The maximum atomic E-state index is 14.7. The fourth-order valence-electron chi connectivity index (χ4n) is 6.73. The lowest BCUT2D eigenvalue weighted by Crippen LogP contribution is -2.46. The Hall–Kier alpha value is -4.49. The van der Waals surface area contributed by atoms with Gasteiger partial charge >= 0.3 is 0 Å². The van der Waals surface area contributed by atoms with Crippen molar-refractivity contribution in [2.45, 2.75) is 58.0 Å². The first-order valence-corrected chi connectivity index (χ1v) is 16.8. The Labute approximate surface area is 280 Å². The van der Waals surface area contributed by atoms with Crippen molar-refractivity contribution in [3.05, 3.63) is 113 Å². The molecular formula is C39H39ClFN3O3. The van der Waals surface area contributed by atoms with E-state index in [-0.39, 0.29) is 23.4 Å². The zero-order valence-corrected chi connectivity index (χ0v) is 27.2. The van der Waals surface area contributed by atoms with E-state index in [0.29, 0.717) is 24.3 Å². The van der Waals surface area contributed by atoms with Gasteiger partial charge in [-0.05, 0) is 70.8 Å². The van der Waals surface area contributed by atoms with Crippen LogP contribution in [0.1, 0.15) is 62.6 Å². The molecular weight excluding hydrogens is 613 g/mol. The maximum absolute atomic E-state index is 14.7. The molecule has 1 heterocycles. The van der Waals surface area contributed by atoms with E-state index in [1.807, 2.05) is 79.7 Å². The van der Waals surface area contributed by atoms with Crippen molar-refractivity contribution in [2.24, 2.45) is 23.5 Å². The molecule has 3 amide bonds. The van der Waals surface area contributed by atoms with Gasteiger partial charge < -0.3 is 16.0 Å². The fraction of sp³-hybridized carbons (Fsp3) is 0.308. The largest absolute Gasteiger partial charge is 0.369 e. The van der Waals surface area contributed by atoms with E-state index < -0.39 is 29.6 Å². The van der Waals surface area contributed by atoms with Crippen molar-refractivity contribution < 1.29 is 18.8 Å². The Morgan fingerprint density at radius 1 is 0.936 bits per heavy atom. The molecule has 1 fully saturated rings. The first kappa shape index (κ1) is 32.5. The number of carbonyl (C=O) groups is 3. The quantitative estimate of drug-likeness (QED) is 0.162. The summed E-state index contributed by atoms with van der Waals surface area (Å²) in [5.41, 5.74) is 11.5. The molecule has 1 unspecified atom stereocenters. The molecule has 47 heavy (non-hydrogen) atoms. The van der Waals surface area contributed by atoms with Gasteiger partial charge in [-0.25, -0.2) is 4.39 Å². The van der Waals surface area contributed by atoms with Crippen LogP contribution in [0.15, 0.2) is 91.0 Å². The van der Waals surface area contributed by atoms with E-state index in [0.717, 1.165) is 59.2 Å². The molecule has 0 saturated heterocycles. The molecule has 4 aromatic rings. The molecule has 1 aliphatic heterocycles. The van der Waals surface area contributed by atoms with Crippen molar-refractivity contribution >= 4 is 35.0 Å². The SMILES string of the molecule is CCCCC(C(N)=O)[C@H](CC1CC1)C(=O)N[C@@H]1C(=O)N(Cc2cccc(-c3ccc(F)c(Cl)c3)c2)c2ccccc2-c2ccccc21. The van der Waals surface area contributed by atoms with Gasteiger partial charge in [-0.1, -0.05) is 111 Å². The van der Waals surface area contributed by atoms with Crippen LogP contribution in [0.2, 0.25) is 5.02 Å². The number of primary amides is 1. The Bertz CT molecular complexity index is 1810. The van der Waals surface area contributed by atoms with Crippen molar-refractivity contribution in [3.8, 4) is 22.3 Å². The van der Waals surface area contributed by atoms with E-state index in [1.54, 1.807) is 17.0 Å². The average Bonchev–Trinajstić information content (AvgIpc) is 3.91. The molecule has 0 spiro atoms. The van der Waals surface area contributed by atoms with Crippen molar-refractivity contribution in [3.63, 3.8) is 0 Å². The predicted molar refractivity (Wildman–Crippen MR) is 184 cm³/mol. The number of nitrogens with one attached hydrogen (secondary N) is 1. The summed E-state index contributed by atoms with van der Waals surface area (Å²) in [7, 11) is 0. The second-order valence-electron chi connectivity index (χ2n) is 12.7. The lowest BCUT2D eigenvalue weighted by molar-refractivity contribution is -0.136. The minimum absolute atomic E-state index is 0.0362. The predicted octanol–water partition coefficient (Wildman–Crippen LogP) is 8.23. The molecule has 8 heteroatoms. The summed E-state index contributed by atoms with van der Waals surface area (Å²) in [6, 6.07) is 26.7. The maximum Gasteiger partial charge on any atom is 0.254 e. The van der Waals surface area contributed by atoms with Crippen LogP contribution in [-0.4, -0.2) is 17.7 Å². The van der Waals surface area contributed by atoms with E-state index in [1.165, 1.54) is 6.07 Å². The molecule has 0 bridgehead atoms. The van der Waals surface area contributed by atoms with Crippen LogP contribution >= 0.6 is 11.6 Å². The molecule has 2 aliphatic rings. The van der Waals surface area contributed by atoms with Crippen molar-refractivity contribution in [2.75, 3.05) is 4.90 Å². The van der Waals surface area contributed by atoms with Crippen LogP contribution in [0.3, 0.4) is 0 Å². The van der Waals surface area contributed by atoms with Gasteiger partial charge in [-0.15, -0.1) is 0 Å². The Kier molecular flexibility index (Phi) is 9.73. The number of nitrogens with two attached hydrogens (primary N) is 1. The van der Waals surface area contributed by atoms with Crippen molar-refractivity contribution in [1.82, 2.24) is 5.32 Å². The van der Waals surface area contributed by atoms with E-state index >= 15 is 0 Å². The first-order chi connectivity index (χ1) is 22.7. The highest BCUT2D eigenvalue weighted by molar-refractivity contribution is 6.31. The zero-order chi connectivity index (χ0) is 33.1. The number of hydrogen-bond acceptors (Lipinski definition) is 3. The molecule has 0 radical (unpaired) electrons. The summed E-state index contributed by atoms with van der Waals surface area (Å²) in [5.74, 6) is -2.37. The number of unbranched alkanes of at least 4 members (excludes halogenated alkanes) is 1. The number of carbonyl (C=O) groups excluding carboxylic acids is 3. The molecule has 1 saturated carbocycles. The summed E-state index contributed by atoms with van der Waals surface area (Å²) >= 11 is 6.08. The number of benzene rings is 4. The standard InChI is InChI=1S/C39H39ClFN3O3/c1-2-3-11-31(37(42)45)32(21-24-16-17-24)38(46)43-36-30-14-5-4-12-28(30)29-13-6-7-15-35(29)44(39(36)47)23-25-9-8-10-26(20-25)27-18-19-34(41)33(40)22-27/h4-10,12-15,18-20,22,24,31-32,36H,2-3,11,16-17,21,23H2,1H3,(H2,42,45)(H,43,46)/t31?,32-,36-/m0/s1. The highest BCUT2D eigenvalue weighted by Gasteiger charge is 2.40. The summed E-state index contributed by atoms with van der Waals surface area (Å²) in [5, 5.41) is 3.16. The van der Waals surface area contributed by atoms with Crippen LogP contribution in [0.5, 0.6) is 0 Å². The number of rotatable bonds is 12. The lowest BCUT2D eigenvalue weighted by atomic mass is 9.82. The highest BCUT2D eigenvalue weighted by Crippen LogP contribution is 2.42. The van der Waals surface area contributed by atoms with Gasteiger partial charge in [-0.3, -0.25) is 14.4 Å². The van der Waals surface area contributed by atoms with Gasteiger partial charge in [0.05, 0.1) is 17.3 Å². The zero-order valence-electron chi connectivity index (χ0n) is 26.4. The van der Waals surface area contributed by atoms with E-state index in [4.69, 9.17) is 17.3 Å². The minimum atomic E-state index is -0.980. The Morgan fingerprint density at radius 3 is 2.38 bits per heavy atom. The monoisotopic (exact) mass is 651 g/mol. The summed E-state index contributed by atoms with van der Waals surface area (Å²) in [4.78, 5) is 43.3. The molecule has 6 rings (SSSR count). The van der Waals surface area contributed by atoms with Gasteiger partial charge in [-0.2, -0.15) is 0 Å². The van der Waals surface area contributed by atoms with Crippen LogP contribution in [-0.2, 0) is 20.9 Å². The second-order valence-corrected chi connectivity index (χ2v) is 13.1. The summed E-state index contributed by atoms with van der Waals surface area (Å²) < 4.78 is 13.9. The second kappa shape index (κ2) is 14.1. The van der Waals surface area contributed by atoms with Gasteiger partial charge in [0.1, 0.15) is 11.9 Å². The molecule has 3 N–H and O–H groups in total. The summed E-state index contributed by atoms with van der Waals surface area (Å²) in [6.45, 7) is 2.27. The van der Waals surface area contributed by atoms with E-state index in [9.17, 15) is 18.8 Å². The van der Waals surface area contributed by atoms with Gasteiger partial charge in [0.25, 0.3) is 5.91 Å². The molecule has 0 aromatic heterocycles. The van der Waals surface area contributed by atoms with Crippen LogP contribution in [0.4, 0.5) is 10.1 Å². The van der Waals surface area contributed by atoms with Crippen LogP contribution in [0.25, 0.3) is 22.3 Å². The molecule has 6 nitrogen and oxygen atoms in total. The van der Waals surface area contributed by atoms with E-state index in [2.05, 4.69) is 5.32 Å². The first-order valence-electron chi connectivity index (χ1n) is 16.4. The molecule has 3 atom stereocenters. The molecule has 4 aromatic carbocycles. The van der Waals surface area contributed by atoms with Gasteiger partial charge in [0.15, 0.2) is 0 Å².